The smallest absolute Gasteiger partial charge is 0.355 e. The molecule has 1 aromatic carbocycles. The molecule has 0 saturated carbocycles. The fourth-order valence-corrected chi connectivity index (χ4v) is 2.49. The number of carbonyl (C=O) groups excluding carboxylic acids is 2. The van der Waals surface area contributed by atoms with Crippen molar-refractivity contribution in [2.45, 2.75) is 0 Å². The van der Waals surface area contributed by atoms with E-state index >= 15 is 0 Å². The molecule has 0 unspecified atom stereocenters. The standard InChI is InChI=1S/C16H15N3O5/c1-22-15(20)12-7-24-9-19(14(12)16(21)23-2)11-3-4-13-10(5-11)6-17-8-18-13/h3-6,8H,7,9H2,1-2H3. The van der Waals surface area contributed by atoms with E-state index in [0.29, 0.717) is 5.69 Å². The molecular formula is C16H15N3O5. The van der Waals surface area contributed by atoms with E-state index in [1.165, 1.54) is 20.5 Å². The maximum atomic E-state index is 12.2. The van der Waals surface area contributed by atoms with Gasteiger partial charge in [-0.3, -0.25) is 0 Å². The van der Waals surface area contributed by atoms with Crippen LogP contribution >= 0.6 is 0 Å². The van der Waals surface area contributed by atoms with Crippen LogP contribution in [0.1, 0.15) is 0 Å². The lowest BCUT2D eigenvalue weighted by molar-refractivity contribution is -0.140. The zero-order valence-corrected chi connectivity index (χ0v) is 13.2. The van der Waals surface area contributed by atoms with E-state index in [1.807, 2.05) is 6.07 Å². The van der Waals surface area contributed by atoms with Crippen molar-refractivity contribution < 1.29 is 23.8 Å². The van der Waals surface area contributed by atoms with Gasteiger partial charge in [0.15, 0.2) is 0 Å². The van der Waals surface area contributed by atoms with E-state index in [9.17, 15) is 9.59 Å². The minimum absolute atomic E-state index is 0.0235. The van der Waals surface area contributed by atoms with Gasteiger partial charge in [0.25, 0.3) is 0 Å². The molecule has 1 aliphatic rings. The molecule has 0 N–H and O–H groups in total. The fourth-order valence-electron chi connectivity index (χ4n) is 2.49. The molecule has 0 aliphatic carbocycles. The molecule has 0 bridgehead atoms. The SMILES string of the molecule is COC(=O)C1=C(C(=O)OC)N(c2ccc3ncncc3c2)COC1. The number of fused-ring (bicyclic) bond motifs is 1. The topological polar surface area (TPSA) is 90.9 Å². The van der Waals surface area contributed by atoms with Gasteiger partial charge in [0.05, 0.1) is 31.9 Å². The van der Waals surface area contributed by atoms with Gasteiger partial charge in [0.2, 0.25) is 0 Å². The van der Waals surface area contributed by atoms with Crippen LogP contribution in [0.5, 0.6) is 0 Å². The Morgan fingerprint density at radius 1 is 1.21 bits per heavy atom. The van der Waals surface area contributed by atoms with E-state index in [-0.39, 0.29) is 24.6 Å². The molecule has 0 amide bonds. The minimum Gasteiger partial charge on any atom is -0.466 e. The Balaban J connectivity index is 2.12. The predicted molar refractivity (Wildman–Crippen MR) is 83.9 cm³/mol. The van der Waals surface area contributed by atoms with E-state index < -0.39 is 11.9 Å². The highest BCUT2D eigenvalue weighted by atomic mass is 16.5. The number of hydrogen-bond donors (Lipinski definition) is 0. The van der Waals surface area contributed by atoms with Crippen molar-refractivity contribution in [2.24, 2.45) is 0 Å². The number of methoxy groups -OCH3 is 2. The lowest BCUT2D eigenvalue weighted by Gasteiger charge is -2.31. The Labute approximate surface area is 137 Å². The van der Waals surface area contributed by atoms with Gasteiger partial charge in [-0.2, -0.15) is 0 Å². The van der Waals surface area contributed by atoms with Crippen LogP contribution in [0.15, 0.2) is 42.0 Å². The summed E-state index contributed by atoms with van der Waals surface area (Å²) in [4.78, 5) is 33.9. The molecule has 0 spiro atoms. The monoisotopic (exact) mass is 329 g/mol. The van der Waals surface area contributed by atoms with Crippen molar-refractivity contribution in [3.63, 3.8) is 0 Å². The quantitative estimate of drug-likeness (QED) is 0.771. The minimum atomic E-state index is -0.636. The third-order valence-electron chi connectivity index (χ3n) is 3.63. The first-order valence-electron chi connectivity index (χ1n) is 7.10. The van der Waals surface area contributed by atoms with Crippen LogP contribution in [0.2, 0.25) is 0 Å². The molecule has 0 fully saturated rings. The Kier molecular flexibility index (Phi) is 4.39. The second kappa shape index (κ2) is 6.63. The van der Waals surface area contributed by atoms with Crippen molar-refractivity contribution in [3.05, 3.63) is 42.0 Å². The first-order chi connectivity index (χ1) is 11.7. The van der Waals surface area contributed by atoms with Crippen LogP contribution in [0.4, 0.5) is 5.69 Å². The molecule has 0 radical (unpaired) electrons. The zero-order chi connectivity index (χ0) is 17.1. The van der Waals surface area contributed by atoms with Gasteiger partial charge in [0, 0.05) is 17.3 Å². The van der Waals surface area contributed by atoms with Gasteiger partial charge in [-0.25, -0.2) is 19.6 Å². The van der Waals surface area contributed by atoms with E-state index in [0.717, 1.165) is 10.9 Å². The Bertz CT molecular complexity index is 833. The molecule has 8 heteroatoms. The second-order valence-corrected chi connectivity index (χ2v) is 4.98. The summed E-state index contributed by atoms with van der Waals surface area (Å²) < 4.78 is 15.0. The van der Waals surface area contributed by atoms with Crippen molar-refractivity contribution in [2.75, 3.05) is 32.5 Å². The van der Waals surface area contributed by atoms with Gasteiger partial charge >= 0.3 is 11.9 Å². The maximum Gasteiger partial charge on any atom is 0.355 e. The number of nitrogens with zero attached hydrogens (tertiary/aromatic N) is 3. The highest BCUT2D eigenvalue weighted by molar-refractivity contribution is 6.03. The molecule has 0 atom stereocenters. The largest absolute Gasteiger partial charge is 0.466 e. The van der Waals surface area contributed by atoms with E-state index in [1.54, 1.807) is 23.2 Å². The van der Waals surface area contributed by atoms with Crippen molar-refractivity contribution in [1.29, 1.82) is 0 Å². The Morgan fingerprint density at radius 2 is 2.00 bits per heavy atom. The number of carbonyl (C=O) groups is 2. The molecule has 3 rings (SSSR count). The molecule has 1 aliphatic heterocycles. The lowest BCUT2D eigenvalue weighted by atomic mass is 10.1. The normalized spacial score (nSPS) is 14.7. The van der Waals surface area contributed by atoms with Crippen molar-refractivity contribution in [3.8, 4) is 0 Å². The van der Waals surface area contributed by atoms with Crippen LogP contribution in [-0.2, 0) is 23.8 Å². The fraction of sp³-hybridized carbons (Fsp3) is 0.250. The zero-order valence-electron chi connectivity index (χ0n) is 13.2. The van der Waals surface area contributed by atoms with Crippen LogP contribution in [0.3, 0.4) is 0 Å². The van der Waals surface area contributed by atoms with Crippen molar-refractivity contribution in [1.82, 2.24) is 9.97 Å². The average molecular weight is 329 g/mol. The maximum absolute atomic E-state index is 12.2. The first-order valence-corrected chi connectivity index (χ1v) is 7.10. The Hall–Kier alpha value is -3.00. The molecule has 2 aromatic rings. The van der Waals surface area contributed by atoms with E-state index in [2.05, 4.69) is 9.97 Å². The number of esters is 2. The number of ether oxygens (including phenoxy) is 3. The van der Waals surface area contributed by atoms with Crippen LogP contribution in [0.25, 0.3) is 10.9 Å². The number of rotatable bonds is 3. The highest BCUT2D eigenvalue weighted by Gasteiger charge is 2.32. The van der Waals surface area contributed by atoms with Crippen molar-refractivity contribution >= 4 is 28.5 Å². The predicted octanol–water partition coefficient (Wildman–Crippen LogP) is 1.02. The molecule has 0 saturated heterocycles. The molecule has 8 nitrogen and oxygen atoms in total. The first kappa shape index (κ1) is 15.9. The van der Waals surface area contributed by atoms with Crippen LogP contribution in [-0.4, -0.2) is 49.5 Å². The summed E-state index contributed by atoms with van der Waals surface area (Å²) in [5, 5.41) is 0.796. The highest BCUT2D eigenvalue weighted by Crippen LogP contribution is 2.28. The number of hydrogen-bond acceptors (Lipinski definition) is 8. The summed E-state index contributed by atoms with van der Waals surface area (Å²) in [7, 11) is 2.50. The molecule has 124 valence electrons. The summed E-state index contributed by atoms with van der Waals surface area (Å²) in [6.45, 7) is 0.0778. The van der Waals surface area contributed by atoms with Crippen LogP contribution < -0.4 is 4.90 Å². The Morgan fingerprint density at radius 3 is 2.75 bits per heavy atom. The molecular weight excluding hydrogens is 314 g/mol. The summed E-state index contributed by atoms with van der Waals surface area (Å²) in [6.07, 6.45) is 3.13. The van der Waals surface area contributed by atoms with E-state index in [4.69, 9.17) is 14.2 Å². The number of aromatic nitrogens is 2. The average Bonchev–Trinajstić information content (AvgIpc) is 2.65. The summed E-state index contributed by atoms with van der Waals surface area (Å²) in [5.74, 6) is -1.27. The third-order valence-corrected chi connectivity index (χ3v) is 3.63. The summed E-state index contributed by atoms with van der Waals surface area (Å²) >= 11 is 0. The molecule has 2 heterocycles. The summed E-state index contributed by atoms with van der Waals surface area (Å²) in [6, 6.07) is 5.39. The number of anilines is 1. The molecule has 24 heavy (non-hydrogen) atoms. The van der Waals surface area contributed by atoms with Gasteiger partial charge in [-0.05, 0) is 18.2 Å². The summed E-state index contributed by atoms with van der Waals surface area (Å²) in [5.41, 5.74) is 1.63. The van der Waals surface area contributed by atoms with Gasteiger partial charge in [-0.1, -0.05) is 0 Å². The van der Waals surface area contributed by atoms with Gasteiger partial charge in [-0.15, -0.1) is 0 Å². The second-order valence-electron chi connectivity index (χ2n) is 4.98. The third kappa shape index (κ3) is 2.79. The number of benzene rings is 1. The van der Waals surface area contributed by atoms with Gasteiger partial charge < -0.3 is 19.1 Å². The van der Waals surface area contributed by atoms with Gasteiger partial charge in [0.1, 0.15) is 18.8 Å². The lowest BCUT2D eigenvalue weighted by Crippen LogP contribution is -2.38. The molecule has 1 aromatic heterocycles. The van der Waals surface area contributed by atoms with Crippen LogP contribution in [0, 0.1) is 0 Å².